The van der Waals surface area contributed by atoms with Gasteiger partial charge in [-0.3, -0.25) is 14.3 Å². The van der Waals surface area contributed by atoms with Crippen molar-refractivity contribution in [1.29, 1.82) is 0 Å². The van der Waals surface area contributed by atoms with Crippen LogP contribution < -0.4 is 10.6 Å². The topological polar surface area (TPSA) is 189 Å². The lowest BCUT2D eigenvalue weighted by molar-refractivity contribution is -0.142. The van der Waals surface area contributed by atoms with Gasteiger partial charge in [0.25, 0.3) is 0 Å². The summed E-state index contributed by atoms with van der Waals surface area (Å²) in [6, 6.07) is -1.82. The molecule has 2 heterocycles. The molecule has 2 amide bonds. The maximum Gasteiger partial charge on any atom is 0.326 e. The van der Waals surface area contributed by atoms with Gasteiger partial charge in [-0.05, 0) is 58.7 Å². The van der Waals surface area contributed by atoms with E-state index in [1.807, 2.05) is 19.0 Å². The van der Waals surface area contributed by atoms with Crippen LogP contribution in [-0.4, -0.2) is 100 Å². The van der Waals surface area contributed by atoms with E-state index < -0.39 is 33.8 Å². The van der Waals surface area contributed by atoms with Crippen molar-refractivity contribution in [1.82, 2.24) is 40.5 Å². The summed E-state index contributed by atoms with van der Waals surface area (Å²) in [5, 5.41) is 22.8. The van der Waals surface area contributed by atoms with Gasteiger partial charge < -0.3 is 20.6 Å². The molecule has 2 rings (SSSR count). The van der Waals surface area contributed by atoms with Crippen LogP contribution in [0, 0.1) is 5.92 Å². The van der Waals surface area contributed by atoms with Crippen LogP contribution in [0.2, 0.25) is 0 Å². The number of carbonyl (C=O) groups is 3. The third-order valence-corrected chi connectivity index (χ3v) is 7.19. The lowest BCUT2D eigenvalue weighted by Crippen LogP contribution is -2.53. The fourth-order valence-corrected chi connectivity index (χ4v) is 4.48. The molecule has 0 aromatic carbocycles. The summed E-state index contributed by atoms with van der Waals surface area (Å²) < 4.78 is 24.7. The van der Waals surface area contributed by atoms with Gasteiger partial charge in [0.15, 0.2) is 0 Å². The summed E-state index contributed by atoms with van der Waals surface area (Å²) in [5.74, 6) is -2.06. The molecule has 2 aromatic heterocycles. The van der Waals surface area contributed by atoms with E-state index in [1.54, 1.807) is 24.7 Å². The van der Waals surface area contributed by atoms with Gasteiger partial charge in [-0.15, -0.1) is 5.10 Å². The van der Waals surface area contributed by atoms with Crippen LogP contribution in [-0.2, 0) is 30.8 Å². The summed E-state index contributed by atoms with van der Waals surface area (Å²) in [5.41, 5.74) is 1.06. The van der Waals surface area contributed by atoms with Crippen LogP contribution in [0.3, 0.4) is 0 Å². The lowest BCUT2D eigenvalue weighted by atomic mass is 10.0. The molecule has 0 fully saturated rings. The number of hydrogen-bond acceptors (Lipinski definition) is 10. The minimum Gasteiger partial charge on any atom is -0.480 e. The average molecular weight is 595 g/mol. The number of carboxylic acid groups (broad SMARTS) is 1. The monoisotopic (exact) mass is 594 g/mol. The molecule has 0 aliphatic rings. The Morgan fingerprint density at radius 1 is 1.02 bits per heavy atom. The van der Waals surface area contributed by atoms with Crippen molar-refractivity contribution in [3.63, 3.8) is 0 Å². The standard InChI is InChI=1S/C26H42N8O6S/c1-18(2)23(24(36)29-20(25(37)38)11-8-10-13-33(3)4)30-22(35)12-7-6-9-14-34-17-21(31-32-34)19-15-27-26(28-16-19)41(5,39)40/h15-18,20,23H,6-14H2,1-5H3,(H,29,36)(H,30,35)(H,37,38)/t20-,23-/m0/s1. The van der Waals surface area contributed by atoms with E-state index >= 15 is 0 Å². The molecule has 0 bridgehead atoms. The van der Waals surface area contributed by atoms with Crippen LogP contribution in [0.25, 0.3) is 11.3 Å². The smallest absolute Gasteiger partial charge is 0.326 e. The van der Waals surface area contributed by atoms with E-state index in [9.17, 15) is 27.9 Å². The Balaban J connectivity index is 1.76. The SMILES string of the molecule is CC(C)[C@H](NC(=O)CCCCCn1cc(-c2cnc(S(C)(=O)=O)nc2)nn1)C(=O)N[C@@H](CCCCN(C)C)C(=O)O. The van der Waals surface area contributed by atoms with E-state index in [1.165, 1.54) is 12.4 Å². The van der Waals surface area contributed by atoms with Crippen LogP contribution >= 0.6 is 0 Å². The zero-order chi connectivity index (χ0) is 30.6. The normalized spacial score (nSPS) is 13.2. The Morgan fingerprint density at radius 3 is 2.29 bits per heavy atom. The summed E-state index contributed by atoms with van der Waals surface area (Å²) >= 11 is 0. The van der Waals surface area contributed by atoms with Gasteiger partial charge in [-0.2, -0.15) is 0 Å². The molecule has 41 heavy (non-hydrogen) atoms. The number of amides is 2. The van der Waals surface area contributed by atoms with E-state index in [-0.39, 0.29) is 23.4 Å². The number of hydrogen-bond donors (Lipinski definition) is 3. The molecule has 2 aromatic rings. The molecular weight excluding hydrogens is 552 g/mol. The van der Waals surface area contributed by atoms with Crippen LogP contribution in [0.5, 0.6) is 0 Å². The lowest BCUT2D eigenvalue weighted by Gasteiger charge is -2.24. The van der Waals surface area contributed by atoms with Gasteiger partial charge in [0.1, 0.15) is 17.8 Å². The zero-order valence-electron chi connectivity index (χ0n) is 24.4. The second-order valence-corrected chi connectivity index (χ2v) is 12.6. The minimum absolute atomic E-state index is 0.211. The largest absolute Gasteiger partial charge is 0.480 e. The summed E-state index contributed by atoms with van der Waals surface area (Å²) in [6.07, 6.45) is 9.64. The highest BCUT2D eigenvalue weighted by atomic mass is 32.2. The molecule has 0 spiro atoms. The zero-order valence-corrected chi connectivity index (χ0v) is 25.2. The number of aryl methyl sites for hydroxylation is 1. The van der Waals surface area contributed by atoms with Crippen molar-refractivity contribution in [2.45, 2.75) is 82.6 Å². The number of aromatic nitrogens is 5. The van der Waals surface area contributed by atoms with Crippen LogP contribution in [0.1, 0.15) is 58.8 Å². The summed E-state index contributed by atoms with van der Waals surface area (Å²) in [4.78, 5) is 46.8. The van der Waals surface area contributed by atoms with E-state index in [0.717, 1.165) is 32.1 Å². The quantitative estimate of drug-likeness (QED) is 0.166. The first kappa shape index (κ1) is 33.7. The highest BCUT2D eigenvalue weighted by Gasteiger charge is 2.28. The van der Waals surface area contributed by atoms with Crippen molar-refractivity contribution in [3.8, 4) is 11.3 Å². The van der Waals surface area contributed by atoms with E-state index in [2.05, 4.69) is 30.9 Å². The molecule has 0 radical (unpaired) electrons. The summed E-state index contributed by atoms with van der Waals surface area (Å²) in [7, 11) is 0.409. The number of unbranched alkanes of at least 4 members (excludes halogenated alkanes) is 3. The molecule has 0 saturated carbocycles. The highest BCUT2D eigenvalue weighted by Crippen LogP contribution is 2.15. The molecule has 228 valence electrons. The molecule has 0 aliphatic carbocycles. The first-order chi connectivity index (χ1) is 19.3. The van der Waals surface area contributed by atoms with Gasteiger partial charge in [-0.1, -0.05) is 25.5 Å². The van der Waals surface area contributed by atoms with Crippen molar-refractivity contribution < 1.29 is 27.9 Å². The number of rotatable bonds is 18. The van der Waals surface area contributed by atoms with Crippen molar-refractivity contribution in [3.05, 3.63) is 18.6 Å². The number of sulfone groups is 1. The van der Waals surface area contributed by atoms with E-state index in [4.69, 9.17) is 0 Å². The van der Waals surface area contributed by atoms with Crippen LogP contribution in [0.4, 0.5) is 0 Å². The maximum absolute atomic E-state index is 12.8. The molecular formula is C26H42N8O6S. The van der Waals surface area contributed by atoms with Crippen LogP contribution in [0.15, 0.2) is 23.7 Å². The Kier molecular flexibility index (Phi) is 13.3. The number of carbonyl (C=O) groups excluding carboxylic acids is 2. The number of nitrogens with one attached hydrogen (secondary N) is 2. The predicted octanol–water partition coefficient (Wildman–Crippen LogP) is 1.14. The first-order valence-electron chi connectivity index (χ1n) is 13.7. The maximum atomic E-state index is 12.8. The molecule has 15 heteroatoms. The second-order valence-electron chi connectivity index (χ2n) is 10.7. The van der Waals surface area contributed by atoms with Crippen molar-refractivity contribution in [2.24, 2.45) is 5.92 Å². The predicted molar refractivity (Wildman–Crippen MR) is 151 cm³/mol. The van der Waals surface area contributed by atoms with Gasteiger partial charge >= 0.3 is 5.97 Å². The molecule has 14 nitrogen and oxygen atoms in total. The molecule has 3 N–H and O–H groups in total. The summed E-state index contributed by atoms with van der Waals surface area (Å²) in [6.45, 7) is 5.01. The van der Waals surface area contributed by atoms with E-state index in [0.29, 0.717) is 37.1 Å². The third-order valence-electron chi connectivity index (χ3n) is 6.31. The Hall–Kier alpha value is -3.46. The van der Waals surface area contributed by atoms with Gasteiger partial charge in [0.05, 0.1) is 6.20 Å². The average Bonchev–Trinajstić information content (AvgIpc) is 3.36. The minimum atomic E-state index is -3.48. The first-order valence-corrected chi connectivity index (χ1v) is 15.6. The van der Waals surface area contributed by atoms with Crippen molar-refractivity contribution >= 4 is 27.6 Å². The Labute approximate surface area is 241 Å². The Bertz CT molecular complexity index is 1250. The highest BCUT2D eigenvalue weighted by molar-refractivity contribution is 7.90. The molecule has 0 aliphatic heterocycles. The van der Waals surface area contributed by atoms with Gasteiger partial charge in [0.2, 0.25) is 26.8 Å². The Morgan fingerprint density at radius 2 is 1.71 bits per heavy atom. The molecule has 0 saturated heterocycles. The van der Waals surface area contributed by atoms with Gasteiger partial charge in [-0.25, -0.2) is 23.2 Å². The fraction of sp³-hybridized carbons (Fsp3) is 0.654. The second kappa shape index (κ2) is 16.1. The molecule has 2 atom stereocenters. The van der Waals surface area contributed by atoms with Gasteiger partial charge in [0, 0.05) is 37.2 Å². The molecule has 0 unspecified atom stereocenters. The third kappa shape index (κ3) is 11.9. The fourth-order valence-electron chi connectivity index (χ4n) is 3.99. The number of carboxylic acids is 1. The number of nitrogens with zero attached hydrogens (tertiary/aromatic N) is 6. The number of aliphatic carboxylic acids is 1. The van der Waals surface area contributed by atoms with Crippen molar-refractivity contribution in [2.75, 3.05) is 26.9 Å².